The molecule has 0 bridgehead atoms. The van der Waals surface area contributed by atoms with Crippen molar-refractivity contribution in [1.29, 1.82) is 0 Å². The van der Waals surface area contributed by atoms with Gasteiger partial charge in [0.1, 0.15) is 0 Å². The summed E-state index contributed by atoms with van der Waals surface area (Å²) < 4.78 is 26.9. The van der Waals surface area contributed by atoms with Gasteiger partial charge in [-0.2, -0.15) is 0 Å². The number of hydrogen-bond donors (Lipinski definition) is 2. The van der Waals surface area contributed by atoms with Gasteiger partial charge in [0.05, 0.1) is 4.92 Å². The zero-order valence-electron chi connectivity index (χ0n) is 12.2. The van der Waals surface area contributed by atoms with Gasteiger partial charge < -0.3 is 5.32 Å². The van der Waals surface area contributed by atoms with Gasteiger partial charge in [0.25, 0.3) is 5.69 Å². The summed E-state index contributed by atoms with van der Waals surface area (Å²) in [6, 6.07) is 2.77. The van der Waals surface area contributed by atoms with Gasteiger partial charge in [0.15, 0.2) is 4.90 Å². The molecule has 1 aromatic carbocycles. The molecule has 120 valence electrons. The van der Waals surface area contributed by atoms with Crippen LogP contribution in [-0.4, -0.2) is 33.0 Å². The quantitative estimate of drug-likeness (QED) is 0.446. The molecule has 0 atom stereocenters. The molecule has 0 unspecified atom stereocenters. The maximum absolute atomic E-state index is 12.3. The van der Waals surface area contributed by atoms with Crippen molar-refractivity contribution >= 4 is 28.1 Å². The third-order valence-corrected chi connectivity index (χ3v) is 4.60. The van der Waals surface area contributed by atoms with Crippen molar-refractivity contribution in [2.75, 3.05) is 19.6 Å². The third kappa shape index (κ3) is 4.92. The summed E-state index contributed by atoms with van der Waals surface area (Å²) in [6.45, 7) is 6.57. The van der Waals surface area contributed by atoms with E-state index in [0.29, 0.717) is 17.7 Å². The number of nitro benzene ring substituents is 1. The molecule has 0 amide bonds. The minimum absolute atomic E-state index is 0. The van der Waals surface area contributed by atoms with Crippen molar-refractivity contribution in [1.82, 2.24) is 10.0 Å². The molecule has 0 aliphatic heterocycles. The highest BCUT2D eigenvalue weighted by atomic mass is 35.5. The summed E-state index contributed by atoms with van der Waals surface area (Å²) in [4.78, 5) is 10.1. The number of hydrogen-bond acceptors (Lipinski definition) is 5. The lowest BCUT2D eigenvalue weighted by molar-refractivity contribution is -0.387. The van der Waals surface area contributed by atoms with Gasteiger partial charge in [-0.15, -0.1) is 12.4 Å². The van der Waals surface area contributed by atoms with E-state index >= 15 is 0 Å². The van der Waals surface area contributed by atoms with Crippen molar-refractivity contribution in [3.05, 3.63) is 33.4 Å². The number of likely N-dealkylation sites (N-methyl/N-ethyl adjacent to an activating group) is 1. The number of nitrogens with zero attached hydrogens (tertiary/aromatic N) is 1. The Labute approximate surface area is 130 Å². The molecule has 0 aliphatic rings. The number of benzene rings is 1. The topological polar surface area (TPSA) is 101 Å². The van der Waals surface area contributed by atoms with Crippen molar-refractivity contribution in [3.63, 3.8) is 0 Å². The SMILES string of the molecule is CCNCCNS(=O)(=O)c1c([N+](=O)[O-])ccc(C)c1C.Cl. The standard InChI is InChI=1S/C12H19N3O4S.ClH/c1-4-13-7-8-14-20(18,19)12-10(3)9(2)5-6-11(12)15(16)17;/h5-6,13-14H,4,7-8H2,1-3H3;1H. The second kappa shape index (κ2) is 8.28. The second-order valence-corrected chi connectivity index (χ2v) is 6.07. The van der Waals surface area contributed by atoms with Crippen LogP contribution in [0.5, 0.6) is 0 Å². The fourth-order valence-corrected chi connectivity index (χ4v) is 3.28. The van der Waals surface area contributed by atoms with Crippen molar-refractivity contribution in [2.24, 2.45) is 0 Å². The van der Waals surface area contributed by atoms with Crippen LogP contribution in [0.1, 0.15) is 18.1 Å². The van der Waals surface area contributed by atoms with E-state index in [1.165, 1.54) is 6.07 Å². The van der Waals surface area contributed by atoms with Gasteiger partial charge in [-0.1, -0.05) is 13.0 Å². The lowest BCUT2D eigenvalue weighted by Gasteiger charge is -2.11. The second-order valence-electron chi connectivity index (χ2n) is 4.36. The van der Waals surface area contributed by atoms with E-state index < -0.39 is 20.6 Å². The average Bonchev–Trinajstić information content (AvgIpc) is 2.37. The minimum atomic E-state index is -3.90. The van der Waals surface area contributed by atoms with E-state index in [-0.39, 0.29) is 23.8 Å². The molecule has 0 radical (unpaired) electrons. The Balaban J connectivity index is 0.00000400. The molecular weight excluding hydrogens is 318 g/mol. The van der Waals surface area contributed by atoms with Gasteiger partial charge in [-0.25, -0.2) is 13.1 Å². The summed E-state index contributed by atoms with van der Waals surface area (Å²) in [5.41, 5.74) is 0.696. The summed E-state index contributed by atoms with van der Waals surface area (Å²) in [6.07, 6.45) is 0. The Hall–Kier alpha value is -1.22. The van der Waals surface area contributed by atoms with Crippen LogP contribution in [0, 0.1) is 24.0 Å². The molecule has 0 saturated heterocycles. The lowest BCUT2D eigenvalue weighted by atomic mass is 10.1. The van der Waals surface area contributed by atoms with E-state index in [4.69, 9.17) is 0 Å². The first kappa shape index (κ1) is 19.8. The number of halogens is 1. The molecule has 1 aromatic rings. The number of nitro groups is 1. The van der Waals surface area contributed by atoms with Crippen molar-refractivity contribution < 1.29 is 13.3 Å². The maximum atomic E-state index is 12.3. The summed E-state index contributed by atoms with van der Waals surface area (Å²) in [5, 5.41) is 14.0. The zero-order valence-corrected chi connectivity index (χ0v) is 13.8. The first-order chi connectivity index (χ1) is 9.31. The summed E-state index contributed by atoms with van der Waals surface area (Å²) in [5.74, 6) is 0. The molecule has 0 aromatic heterocycles. The molecule has 7 nitrogen and oxygen atoms in total. The molecular formula is C12H20ClN3O4S. The Bertz CT molecular complexity index is 605. The summed E-state index contributed by atoms with van der Waals surface area (Å²) in [7, 11) is -3.90. The molecule has 1 rings (SSSR count). The van der Waals surface area contributed by atoms with Gasteiger partial charge in [-0.05, 0) is 31.5 Å². The number of sulfonamides is 1. The summed E-state index contributed by atoms with van der Waals surface area (Å²) >= 11 is 0. The van der Waals surface area contributed by atoms with Crippen LogP contribution in [-0.2, 0) is 10.0 Å². The van der Waals surface area contributed by atoms with Gasteiger partial charge in [-0.3, -0.25) is 10.1 Å². The smallest absolute Gasteiger partial charge is 0.289 e. The number of nitrogens with one attached hydrogen (secondary N) is 2. The van der Waals surface area contributed by atoms with Crippen molar-refractivity contribution in [2.45, 2.75) is 25.7 Å². The van der Waals surface area contributed by atoms with Crippen LogP contribution in [0.2, 0.25) is 0 Å². The Kier molecular flexibility index (Phi) is 7.80. The lowest BCUT2D eigenvalue weighted by Crippen LogP contribution is -2.32. The average molecular weight is 338 g/mol. The Morgan fingerprint density at radius 3 is 2.38 bits per heavy atom. The molecule has 2 N–H and O–H groups in total. The van der Waals surface area contributed by atoms with E-state index in [0.717, 1.165) is 6.54 Å². The van der Waals surface area contributed by atoms with Crippen LogP contribution in [0.25, 0.3) is 0 Å². The zero-order chi connectivity index (χ0) is 15.3. The number of rotatable bonds is 7. The highest BCUT2D eigenvalue weighted by molar-refractivity contribution is 7.89. The van der Waals surface area contributed by atoms with E-state index in [2.05, 4.69) is 10.0 Å². The van der Waals surface area contributed by atoms with E-state index in [9.17, 15) is 18.5 Å². The van der Waals surface area contributed by atoms with E-state index in [1.807, 2.05) is 6.92 Å². The highest BCUT2D eigenvalue weighted by Gasteiger charge is 2.28. The van der Waals surface area contributed by atoms with E-state index in [1.54, 1.807) is 19.9 Å². The normalized spacial score (nSPS) is 11.0. The highest BCUT2D eigenvalue weighted by Crippen LogP contribution is 2.28. The molecule has 0 heterocycles. The molecule has 0 fully saturated rings. The first-order valence-electron chi connectivity index (χ1n) is 6.26. The fourth-order valence-electron chi connectivity index (χ4n) is 1.78. The molecule has 0 spiro atoms. The van der Waals surface area contributed by atoms with Crippen LogP contribution in [0.15, 0.2) is 17.0 Å². The maximum Gasteiger partial charge on any atom is 0.289 e. The minimum Gasteiger partial charge on any atom is -0.316 e. The first-order valence-corrected chi connectivity index (χ1v) is 7.74. The van der Waals surface area contributed by atoms with Crippen LogP contribution < -0.4 is 10.0 Å². The van der Waals surface area contributed by atoms with Crippen LogP contribution in [0.3, 0.4) is 0 Å². The van der Waals surface area contributed by atoms with Gasteiger partial charge in [0.2, 0.25) is 10.0 Å². The Morgan fingerprint density at radius 2 is 1.86 bits per heavy atom. The van der Waals surface area contributed by atoms with Gasteiger partial charge in [0, 0.05) is 19.2 Å². The predicted molar refractivity (Wildman–Crippen MR) is 83.6 cm³/mol. The predicted octanol–water partition coefficient (Wildman–Crippen LogP) is 1.52. The Morgan fingerprint density at radius 1 is 1.24 bits per heavy atom. The number of aryl methyl sites for hydroxylation is 1. The molecule has 9 heteroatoms. The monoisotopic (exact) mass is 337 g/mol. The molecule has 0 saturated carbocycles. The van der Waals surface area contributed by atoms with Crippen LogP contribution in [0.4, 0.5) is 5.69 Å². The molecule has 0 aliphatic carbocycles. The molecule has 21 heavy (non-hydrogen) atoms. The van der Waals surface area contributed by atoms with Gasteiger partial charge >= 0.3 is 0 Å². The fraction of sp³-hybridized carbons (Fsp3) is 0.500. The van der Waals surface area contributed by atoms with Crippen LogP contribution >= 0.6 is 12.4 Å². The third-order valence-electron chi connectivity index (χ3n) is 2.97. The van der Waals surface area contributed by atoms with Crippen molar-refractivity contribution in [3.8, 4) is 0 Å². The largest absolute Gasteiger partial charge is 0.316 e.